The van der Waals surface area contributed by atoms with Crippen molar-refractivity contribution in [2.45, 2.75) is 25.7 Å². The number of anilines is 1. The van der Waals surface area contributed by atoms with Crippen molar-refractivity contribution in [1.29, 1.82) is 0 Å². The first-order valence-corrected chi connectivity index (χ1v) is 9.37. The zero-order valence-corrected chi connectivity index (χ0v) is 14.7. The Balaban J connectivity index is 1.50. The fourth-order valence-corrected chi connectivity index (χ4v) is 4.24. The van der Waals surface area contributed by atoms with E-state index in [0.717, 1.165) is 48.8 Å². The number of amides is 1. The summed E-state index contributed by atoms with van der Waals surface area (Å²) in [6, 6.07) is 9.58. The van der Waals surface area contributed by atoms with Gasteiger partial charge in [-0.05, 0) is 30.9 Å². The summed E-state index contributed by atoms with van der Waals surface area (Å²) in [7, 11) is 0. The number of hydrogen-bond donors (Lipinski definition) is 1. The summed E-state index contributed by atoms with van der Waals surface area (Å²) in [5.74, 6) is 1.37. The molecule has 0 unspecified atom stereocenters. The maximum Gasteiger partial charge on any atom is 0.249 e. The lowest BCUT2D eigenvalue weighted by Gasteiger charge is -2.36. The van der Waals surface area contributed by atoms with Gasteiger partial charge in [0, 0.05) is 38.1 Å². The molecule has 5 heteroatoms. The first kappa shape index (κ1) is 16.3. The van der Waals surface area contributed by atoms with Crippen LogP contribution in [0, 0.1) is 5.92 Å². The van der Waals surface area contributed by atoms with Crippen LogP contribution >= 0.6 is 0 Å². The van der Waals surface area contributed by atoms with Crippen LogP contribution in [0.2, 0.25) is 0 Å². The predicted octanol–water partition coefficient (Wildman–Crippen LogP) is 2.65. The Bertz CT molecular complexity index is 761. The van der Waals surface area contributed by atoms with E-state index in [9.17, 15) is 4.79 Å². The smallest absolute Gasteiger partial charge is 0.249 e. The summed E-state index contributed by atoms with van der Waals surface area (Å²) < 4.78 is 0. The van der Waals surface area contributed by atoms with Crippen LogP contribution in [0.25, 0.3) is 10.9 Å². The maximum atomic E-state index is 11.9. The summed E-state index contributed by atoms with van der Waals surface area (Å²) >= 11 is 0. The van der Waals surface area contributed by atoms with E-state index in [1.54, 1.807) is 0 Å². The molecule has 132 valence electrons. The van der Waals surface area contributed by atoms with E-state index in [2.05, 4.69) is 9.80 Å². The Kier molecular flexibility index (Phi) is 4.57. The highest BCUT2D eigenvalue weighted by molar-refractivity contribution is 6.06. The molecule has 0 bridgehead atoms. The topological polar surface area (TPSA) is 62.5 Å². The standard InChI is InChI=1S/C20H26N4O/c21-20(25)17-13-19(22-18-8-4-3-7-16(17)18)24-11-9-23(10-12-24)14-15-5-1-2-6-15/h3-4,7-8,13,15H,1-2,5-6,9-12,14H2,(H2,21,25). The molecule has 2 N–H and O–H groups in total. The lowest BCUT2D eigenvalue weighted by molar-refractivity contribution is 0.100. The minimum Gasteiger partial charge on any atom is -0.366 e. The molecule has 1 aromatic carbocycles. The Hall–Kier alpha value is -2.14. The lowest BCUT2D eigenvalue weighted by atomic mass is 10.1. The van der Waals surface area contributed by atoms with Crippen LogP contribution in [0.5, 0.6) is 0 Å². The van der Waals surface area contributed by atoms with Crippen molar-refractivity contribution in [3.63, 3.8) is 0 Å². The molecule has 1 aromatic heterocycles. The van der Waals surface area contributed by atoms with Crippen LogP contribution in [-0.2, 0) is 0 Å². The second-order valence-corrected chi connectivity index (χ2v) is 7.35. The molecule has 2 fully saturated rings. The average Bonchev–Trinajstić information content (AvgIpc) is 3.14. The van der Waals surface area contributed by atoms with E-state index < -0.39 is 0 Å². The van der Waals surface area contributed by atoms with Gasteiger partial charge in [0.05, 0.1) is 11.1 Å². The Morgan fingerprint density at radius 3 is 2.56 bits per heavy atom. The van der Waals surface area contributed by atoms with Crippen LogP contribution in [0.3, 0.4) is 0 Å². The lowest BCUT2D eigenvalue weighted by Crippen LogP contribution is -2.48. The Labute approximate surface area is 148 Å². The van der Waals surface area contributed by atoms with Crippen molar-refractivity contribution < 1.29 is 4.79 Å². The number of fused-ring (bicyclic) bond motifs is 1. The maximum absolute atomic E-state index is 11.9. The van der Waals surface area contributed by atoms with Gasteiger partial charge in [0.1, 0.15) is 5.82 Å². The van der Waals surface area contributed by atoms with E-state index in [1.807, 2.05) is 30.3 Å². The summed E-state index contributed by atoms with van der Waals surface area (Å²) in [6.07, 6.45) is 5.60. The molecular formula is C20H26N4O. The number of para-hydroxylation sites is 1. The first-order chi connectivity index (χ1) is 12.2. The highest BCUT2D eigenvalue weighted by Gasteiger charge is 2.23. The third kappa shape index (κ3) is 3.47. The fourth-order valence-electron chi connectivity index (χ4n) is 4.24. The molecule has 1 aliphatic heterocycles. The Morgan fingerprint density at radius 1 is 1.12 bits per heavy atom. The molecule has 0 spiro atoms. The molecule has 0 radical (unpaired) electrons. The van der Waals surface area contributed by atoms with Gasteiger partial charge >= 0.3 is 0 Å². The van der Waals surface area contributed by atoms with Crippen molar-refractivity contribution in [3.05, 3.63) is 35.9 Å². The fraction of sp³-hybridized carbons (Fsp3) is 0.500. The molecule has 0 atom stereocenters. The number of pyridine rings is 1. The van der Waals surface area contributed by atoms with Crippen LogP contribution < -0.4 is 10.6 Å². The number of primary amides is 1. The van der Waals surface area contributed by atoms with Gasteiger partial charge in [-0.25, -0.2) is 4.98 Å². The number of nitrogens with zero attached hydrogens (tertiary/aromatic N) is 3. The molecule has 25 heavy (non-hydrogen) atoms. The average molecular weight is 338 g/mol. The highest BCUT2D eigenvalue weighted by atomic mass is 16.1. The number of aromatic nitrogens is 1. The zero-order chi connectivity index (χ0) is 17.2. The number of benzene rings is 1. The number of carbonyl (C=O) groups excluding carboxylic acids is 1. The van der Waals surface area contributed by atoms with Gasteiger partial charge in [-0.15, -0.1) is 0 Å². The zero-order valence-electron chi connectivity index (χ0n) is 14.7. The van der Waals surface area contributed by atoms with Gasteiger partial charge in [0.15, 0.2) is 0 Å². The van der Waals surface area contributed by atoms with Crippen molar-refractivity contribution in [1.82, 2.24) is 9.88 Å². The van der Waals surface area contributed by atoms with E-state index in [1.165, 1.54) is 32.2 Å². The normalized spacial score (nSPS) is 19.6. The summed E-state index contributed by atoms with van der Waals surface area (Å²) in [5, 5.41) is 0.832. The largest absolute Gasteiger partial charge is 0.366 e. The number of piperazine rings is 1. The van der Waals surface area contributed by atoms with E-state index in [0.29, 0.717) is 5.56 Å². The van der Waals surface area contributed by atoms with E-state index in [-0.39, 0.29) is 5.91 Å². The summed E-state index contributed by atoms with van der Waals surface area (Å²) in [4.78, 5) is 21.5. The minimum atomic E-state index is -0.389. The van der Waals surface area contributed by atoms with Gasteiger partial charge in [0.25, 0.3) is 0 Å². The molecule has 1 amide bonds. The van der Waals surface area contributed by atoms with Gasteiger partial charge in [-0.1, -0.05) is 31.0 Å². The predicted molar refractivity (Wildman–Crippen MR) is 101 cm³/mol. The number of hydrogen-bond acceptors (Lipinski definition) is 4. The molecule has 1 aliphatic carbocycles. The van der Waals surface area contributed by atoms with Crippen LogP contribution in [0.1, 0.15) is 36.0 Å². The summed E-state index contributed by atoms with van der Waals surface area (Å²) in [5.41, 5.74) is 7.00. The van der Waals surface area contributed by atoms with Crippen molar-refractivity contribution in [3.8, 4) is 0 Å². The minimum absolute atomic E-state index is 0.389. The Morgan fingerprint density at radius 2 is 1.84 bits per heavy atom. The SMILES string of the molecule is NC(=O)c1cc(N2CCN(CC3CCCC3)CC2)nc2ccccc12. The number of carbonyl (C=O) groups is 1. The molecular weight excluding hydrogens is 312 g/mol. The third-order valence-electron chi connectivity index (χ3n) is 5.66. The van der Waals surface area contributed by atoms with E-state index in [4.69, 9.17) is 10.7 Å². The van der Waals surface area contributed by atoms with Crippen LogP contribution in [-0.4, -0.2) is 48.5 Å². The third-order valence-corrected chi connectivity index (χ3v) is 5.66. The molecule has 1 saturated carbocycles. The molecule has 2 heterocycles. The van der Waals surface area contributed by atoms with Gasteiger partial charge in [0.2, 0.25) is 5.91 Å². The van der Waals surface area contributed by atoms with Crippen molar-refractivity contribution >= 4 is 22.6 Å². The highest BCUT2D eigenvalue weighted by Crippen LogP contribution is 2.27. The monoisotopic (exact) mass is 338 g/mol. The molecule has 4 rings (SSSR count). The van der Waals surface area contributed by atoms with Crippen molar-refractivity contribution in [2.75, 3.05) is 37.6 Å². The first-order valence-electron chi connectivity index (χ1n) is 9.37. The molecule has 2 aromatic rings. The molecule has 2 aliphatic rings. The molecule has 1 saturated heterocycles. The van der Waals surface area contributed by atoms with E-state index >= 15 is 0 Å². The summed E-state index contributed by atoms with van der Waals surface area (Å²) in [6.45, 7) is 5.28. The van der Waals surface area contributed by atoms with Gasteiger partial charge in [-0.3, -0.25) is 9.69 Å². The number of rotatable bonds is 4. The second-order valence-electron chi connectivity index (χ2n) is 7.35. The van der Waals surface area contributed by atoms with Crippen molar-refractivity contribution in [2.24, 2.45) is 11.7 Å². The van der Waals surface area contributed by atoms with Gasteiger partial charge in [-0.2, -0.15) is 0 Å². The van der Waals surface area contributed by atoms with Crippen LogP contribution in [0.15, 0.2) is 30.3 Å². The molecule has 5 nitrogen and oxygen atoms in total. The van der Waals surface area contributed by atoms with Crippen LogP contribution in [0.4, 0.5) is 5.82 Å². The second kappa shape index (κ2) is 7.00. The van der Waals surface area contributed by atoms with Gasteiger partial charge < -0.3 is 10.6 Å². The quantitative estimate of drug-likeness (QED) is 0.931. The number of nitrogens with two attached hydrogens (primary N) is 1.